The number of aliphatic hydroxyl groups is 1. The molecule has 0 aliphatic rings. The Hall–Kier alpha value is -3.23. The second-order valence-electron chi connectivity index (χ2n) is 7.18. The molecule has 0 aliphatic carbocycles. The van der Waals surface area contributed by atoms with Gasteiger partial charge in [0.15, 0.2) is 0 Å². The third-order valence-corrected chi connectivity index (χ3v) is 5.20. The SMILES string of the molecule is OCCCC/C(=C(\c1ccccc1)c1cnc2ccccc2c1)c1ccccc1. The molecule has 1 heterocycles. The van der Waals surface area contributed by atoms with Gasteiger partial charge < -0.3 is 5.11 Å². The van der Waals surface area contributed by atoms with Crippen molar-refractivity contribution in [1.82, 2.24) is 4.98 Å². The first-order valence-corrected chi connectivity index (χ1v) is 10.2. The van der Waals surface area contributed by atoms with Gasteiger partial charge in [-0.25, -0.2) is 0 Å². The van der Waals surface area contributed by atoms with Crippen LogP contribution in [0.1, 0.15) is 36.0 Å². The number of unbranched alkanes of at least 4 members (excludes halogenated alkanes) is 1. The molecule has 0 unspecified atom stereocenters. The first kappa shape index (κ1) is 19.1. The van der Waals surface area contributed by atoms with Crippen molar-refractivity contribution in [2.24, 2.45) is 0 Å². The molecule has 0 amide bonds. The number of aromatic nitrogens is 1. The van der Waals surface area contributed by atoms with Crippen molar-refractivity contribution in [1.29, 1.82) is 0 Å². The normalized spacial score (nSPS) is 12.0. The van der Waals surface area contributed by atoms with Crippen molar-refractivity contribution in [3.63, 3.8) is 0 Å². The van der Waals surface area contributed by atoms with E-state index in [0.29, 0.717) is 0 Å². The molecule has 3 aromatic carbocycles. The van der Waals surface area contributed by atoms with Gasteiger partial charge in [0, 0.05) is 23.8 Å². The van der Waals surface area contributed by atoms with E-state index in [2.05, 4.69) is 72.8 Å². The molecular formula is C27H25NO. The maximum Gasteiger partial charge on any atom is 0.0702 e. The zero-order valence-corrected chi connectivity index (χ0v) is 16.5. The molecule has 2 nitrogen and oxygen atoms in total. The highest BCUT2D eigenvalue weighted by Crippen LogP contribution is 2.36. The maximum atomic E-state index is 9.31. The average Bonchev–Trinajstić information content (AvgIpc) is 2.79. The fourth-order valence-electron chi connectivity index (χ4n) is 3.79. The Morgan fingerprint density at radius 1 is 0.690 bits per heavy atom. The lowest BCUT2D eigenvalue weighted by Gasteiger charge is -2.18. The van der Waals surface area contributed by atoms with Gasteiger partial charge in [0.1, 0.15) is 0 Å². The predicted molar refractivity (Wildman–Crippen MR) is 121 cm³/mol. The Kier molecular flexibility index (Phi) is 6.13. The number of nitrogens with zero attached hydrogens (tertiary/aromatic N) is 1. The summed E-state index contributed by atoms with van der Waals surface area (Å²) in [6.07, 6.45) is 4.63. The number of allylic oxidation sites excluding steroid dienone is 1. The van der Waals surface area contributed by atoms with Gasteiger partial charge in [-0.3, -0.25) is 4.98 Å². The highest BCUT2D eigenvalue weighted by atomic mass is 16.2. The minimum atomic E-state index is 0.222. The van der Waals surface area contributed by atoms with Crippen LogP contribution in [-0.4, -0.2) is 16.7 Å². The number of rotatable bonds is 7. The smallest absolute Gasteiger partial charge is 0.0702 e. The zero-order valence-electron chi connectivity index (χ0n) is 16.5. The van der Waals surface area contributed by atoms with Crippen LogP contribution < -0.4 is 0 Å². The van der Waals surface area contributed by atoms with Crippen LogP contribution >= 0.6 is 0 Å². The second kappa shape index (κ2) is 9.31. The average molecular weight is 380 g/mol. The molecule has 1 aromatic heterocycles. The largest absolute Gasteiger partial charge is 0.396 e. The molecule has 0 spiro atoms. The van der Waals surface area contributed by atoms with Crippen LogP contribution in [0, 0.1) is 0 Å². The van der Waals surface area contributed by atoms with Crippen LogP contribution in [0.2, 0.25) is 0 Å². The van der Waals surface area contributed by atoms with Crippen molar-refractivity contribution >= 4 is 22.0 Å². The molecule has 4 rings (SSSR count). The van der Waals surface area contributed by atoms with Gasteiger partial charge >= 0.3 is 0 Å². The molecular weight excluding hydrogens is 354 g/mol. The zero-order chi connectivity index (χ0) is 19.9. The molecule has 0 saturated carbocycles. The molecule has 0 aliphatic heterocycles. The van der Waals surface area contributed by atoms with Crippen LogP contribution in [0.4, 0.5) is 0 Å². The van der Waals surface area contributed by atoms with Crippen molar-refractivity contribution < 1.29 is 5.11 Å². The van der Waals surface area contributed by atoms with Crippen molar-refractivity contribution in [2.75, 3.05) is 6.61 Å². The van der Waals surface area contributed by atoms with E-state index in [0.717, 1.165) is 35.7 Å². The quantitative estimate of drug-likeness (QED) is 0.299. The van der Waals surface area contributed by atoms with Gasteiger partial charge in [0.2, 0.25) is 0 Å². The summed E-state index contributed by atoms with van der Waals surface area (Å²) in [5.41, 5.74) is 7.04. The Labute approximate surface area is 172 Å². The monoisotopic (exact) mass is 379 g/mol. The van der Waals surface area contributed by atoms with Gasteiger partial charge in [-0.15, -0.1) is 0 Å². The maximum absolute atomic E-state index is 9.31. The summed E-state index contributed by atoms with van der Waals surface area (Å²) in [4.78, 5) is 4.73. The van der Waals surface area contributed by atoms with Crippen LogP contribution in [0.3, 0.4) is 0 Å². The number of hydrogen-bond acceptors (Lipinski definition) is 2. The van der Waals surface area contributed by atoms with Gasteiger partial charge in [-0.05, 0) is 53.7 Å². The van der Waals surface area contributed by atoms with Crippen LogP contribution in [0.15, 0.2) is 97.2 Å². The van der Waals surface area contributed by atoms with E-state index in [-0.39, 0.29) is 6.61 Å². The number of fused-ring (bicyclic) bond motifs is 1. The molecule has 0 radical (unpaired) electrons. The van der Waals surface area contributed by atoms with E-state index in [1.54, 1.807) is 0 Å². The van der Waals surface area contributed by atoms with E-state index < -0.39 is 0 Å². The number of benzene rings is 3. The number of aliphatic hydroxyl groups excluding tert-OH is 1. The van der Waals surface area contributed by atoms with Gasteiger partial charge in [0.25, 0.3) is 0 Å². The molecule has 2 heteroatoms. The summed E-state index contributed by atoms with van der Waals surface area (Å²) < 4.78 is 0. The summed E-state index contributed by atoms with van der Waals surface area (Å²) in [5, 5.41) is 10.5. The van der Waals surface area contributed by atoms with E-state index >= 15 is 0 Å². The fraction of sp³-hybridized carbons (Fsp3) is 0.148. The van der Waals surface area contributed by atoms with E-state index in [9.17, 15) is 5.11 Å². The summed E-state index contributed by atoms with van der Waals surface area (Å²) in [5.74, 6) is 0. The van der Waals surface area contributed by atoms with Crippen LogP contribution in [0.5, 0.6) is 0 Å². The Morgan fingerprint density at radius 3 is 2.07 bits per heavy atom. The molecule has 144 valence electrons. The lowest BCUT2D eigenvalue weighted by Crippen LogP contribution is -1.97. The van der Waals surface area contributed by atoms with Crippen molar-refractivity contribution in [3.05, 3.63) is 114 Å². The molecule has 29 heavy (non-hydrogen) atoms. The summed E-state index contributed by atoms with van der Waals surface area (Å²) in [6, 6.07) is 31.6. The summed E-state index contributed by atoms with van der Waals surface area (Å²) >= 11 is 0. The van der Waals surface area contributed by atoms with Gasteiger partial charge in [0.05, 0.1) is 5.52 Å². The second-order valence-corrected chi connectivity index (χ2v) is 7.18. The van der Waals surface area contributed by atoms with E-state index in [1.165, 1.54) is 22.3 Å². The van der Waals surface area contributed by atoms with E-state index in [4.69, 9.17) is 4.98 Å². The molecule has 1 N–H and O–H groups in total. The topological polar surface area (TPSA) is 33.1 Å². The number of hydrogen-bond donors (Lipinski definition) is 1. The Balaban J connectivity index is 1.95. The minimum Gasteiger partial charge on any atom is -0.396 e. The van der Waals surface area contributed by atoms with Gasteiger partial charge in [-0.2, -0.15) is 0 Å². The van der Waals surface area contributed by atoms with E-state index in [1.807, 2.05) is 24.4 Å². The van der Waals surface area contributed by atoms with Crippen molar-refractivity contribution in [3.8, 4) is 0 Å². The highest BCUT2D eigenvalue weighted by molar-refractivity contribution is 6.00. The third-order valence-electron chi connectivity index (χ3n) is 5.20. The molecule has 0 saturated heterocycles. The van der Waals surface area contributed by atoms with Crippen molar-refractivity contribution in [2.45, 2.75) is 19.3 Å². The summed E-state index contributed by atoms with van der Waals surface area (Å²) in [7, 11) is 0. The Bertz CT molecular complexity index is 1100. The third kappa shape index (κ3) is 4.44. The first-order chi connectivity index (χ1) is 14.4. The van der Waals surface area contributed by atoms with Crippen LogP contribution in [-0.2, 0) is 0 Å². The lowest BCUT2D eigenvalue weighted by molar-refractivity contribution is 0.285. The Morgan fingerprint density at radius 2 is 1.34 bits per heavy atom. The first-order valence-electron chi connectivity index (χ1n) is 10.2. The highest BCUT2D eigenvalue weighted by Gasteiger charge is 2.15. The van der Waals surface area contributed by atoms with Crippen LogP contribution in [0.25, 0.3) is 22.0 Å². The number of para-hydroxylation sites is 1. The predicted octanol–water partition coefficient (Wildman–Crippen LogP) is 6.36. The molecule has 4 aromatic rings. The minimum absolute atomic E-state index is 0.222. The molecule has 0 atom stereocenters. The lowest BCUT2D eigenvalue weighted by atomic mass is 9.87. The fourth-order valence-corrected chi connectivity index (χ4v) is 3.79. The standard InChI is InChI=1S/C27H25NO/c29-18-10-9-16-25(21-11-3-1-4-12-21)27(22-13-5-2-6-14-22)24-19-23-15-7-8-17-26(23)28-20-24/h1-8,11-15,17,19-20,29H,9-10,16,18H2/b27-25-. The number of pyridine rings is 1. The summed E-state index contributed by atoms with van der Waals surface area (Å²) in [6.45, 7) is 0.222. The molecule has 0 fully saturated rings. The van der Waals surface area contributed by atoms with Gasteiger partial charge in [-0.1, -0.05) is 78.9 Å². The molecule has 0 bridgehead atoms.